The number of hydrogen-bond donors (Lipinski definition) is 0. The van der Waals surface area contributed by atoms with E-state index in [4.69, 9.17) is 9.26 Å². The van der Waals surface area contributed by atoms with Gasteiger partial charge in [-0.25, -0.2) is 0 Å². The van der Waals surface area contributed by atoms with E-state index in [0.29, 0.717) is 0 Å². The maximum Gasteiger partial charge on any atom is 0.167 e. The van der Waals surface area contributed by atoms with E-state index in [-0.39, 0.29) is 0 Å². The van der Waals surface area contributed by atoms with Crippen LogP contribution in [0.25, 0.3) is 11.0 Å². The van der Waals surface area contributed by atoms with Crippen molar-refractivity contribution in [1.82, 2.24) is 10.1 Å². The maximum absolute atomic E-state index is 5.41. The van der Waals surface area contributed by atoms with Crippen molar-refractivity contribution in [2.24, 2.45) is 0 Å². The Bertz CT molecular complexity index is 822. The van der Waals surface area contributed by atoms with Crippen LogP contribution >= 0.6 is 0 Å². The van der Waals surface area contributed by atoms with E-state index in [0.717, 1.165) is 55.1 Å². The van der Waals surface area contributed by atoms with Gasteiger partial charge in [-0.3, -0.25) is 4.90 Å². The fourth-order valence-corrected chi connectivity index (χ4v) is 3.24. The van der Waals surface area contributed by atoms with Crippen molar-refractivity contribution in [2.45, 2.75) is 6.54 Å². The monoisotopic (exact) mass is 323 g/mol. The second-order valence-corrected chi connectivity index (χ2v) is 6.09. The molecular formula is C19H21N3O2. The minimum absolute atomic E-state index is 0.836. The molecule has 0 bridgehead atoms. The number of piperazine rings is 1. The predicted molar refractivity (Wildman–Crippen MR) is 94.5 cm³/mol. The van der Waals surface area contributed by atoms with Crippen LogP contribution in [0.15, 0.2) is 53.1 Å². The molecule has 1 aliphatic rings. The van der Waals surface area contributed by atoms with Crippen LogP contribution in [0.3, 0.4) is 0 Å². The summed E-state index contributed by atoms with van der Waals surface area (Å²) < 4.78 is 10.7. The predicted octanol–water partition coefficient (Wildman–Crippen LogP) is 3.16. The zero-order chi connectivity index (χ0) is 16.4. The first-order valence-electron chi connectivity index (χ1n) is 8.28. The van der Waals surface area contributed by atoms with Gasteiger partial charge in [0, 0.05) is 49.9 Å². The summed E-state index contributed by atoms with van der Waals surface area (Å²) in [6.45, 7) is 4.87. The molecule has 24 heavy (non-hydrogen) atoms. The molecule has 0 atom stereocenters. The highest BCUT2D eigenvalue weighted by atomic mass is 16.5. The van der Waals surface area contributed by atoms with E-state index in [1.807, 2.05) is 30.3 Å². The van der Waals surface area contributed by atoms with Crippen LogP contribution in [-0.4, -0.2) is 43.3 Å². The van der Waals surface area contributed by atoms with Gasteiger partial charge >= 0.3 is 0 Å². The van der Waals surface area contributed by atoms with Gasteiger partial charge in [0.25, 0.3) is 0 Å². The van der Waals surface area contributed by atoms with Gasteiger partial charge in [0.15, 0.2) is 5.58 Å². The Morgan fingerprint density at radius 1 is 1.04 bits per heavy atom. The summed E-state index contributed by atoms with van der Waals surface area (Å²) in [5.41, 5.74) is 3.11. The van der Waals surface area contributed by atoms with Gasteiger partial charge in [0.1, 0.15) is 11.4 Å². The highest BCUT2D eigenvalue weighted by Gasteiger charge is 2.19. The summed E-state index contributed by atoms with van der Waals surface area (Å²) in [5, 5.41) is 5.36. The van der Waals surface area contributed by atoms with E-state index >= 15 is 0 Å². The lowest BCUT2D eigenvalue weighted by Crippen LogP contribution is -2.46. The van der Waals surface area contributed by atoms with Gasteiger partial charge in [-0.05, 0) is 24.3 Å². The molecule has 0 N–H and O–H groups in total. The van der Waals surface area contributed by atoms with Gasteiger partial charge in [-0.15, -0.1) is 0 Å². The van der Waals surface area contributed by atoms with Gasteiger partial charge in [-0.1, -0.05) is 23.4 Å². The van der Waals surface area contributed by atoms with Crippen LogP contribution in [0.5, 0.6) is 5.75 Å². The Balaban J connectivity index is 1.41. The topological polar surface area (TPSA) is 41.7 Å². The number of aromatic nitrogens is 1. The lowest BCUT2D eigenvalue weighted by Gasteiger charge is -2.35. The molecule has 1 aromatic heterocycles. The summed E-state index contributed by atoms with van der Waals surface area (Å²) >= 11 is 0. The molecule has 124 valence electrons. The average molecular weight is 323 g/mol. The highest BCUT2D eigenvalue weighted by molar-refractivity contribution is 5.79. The van der Waals surface area contributed by atoms with Gasteiger partial charge in [0.2, 0.25) is 0 Å². The SMILES string of the molecule is COc1cccc(N2CCN(Cc3noc4ccccc34)CC2)c1. The van der Waals surface area contributed by atoms with E-state index < -0.39 is 0 Å². The minimum Gasteiger partial charge on any atom is -0.497 e. The quantitative estimate of drug-likeness (QED) is 0.738. The standard InChI is InChI=1S/C19H21N3O2/c1-23-16-6-4-5-15(13-16)22-11-9-21(10-12-22)14-18-17-7-2-3-8-19(17)24-20-18/h2-8,13H,9-12,14H2,1H3. The molecule has 1 saturated heterocycles. The molecule has 0 amide bonds. The molecule has 5 heteroatoms. The van der Waals surface area contributed by atoms with E-state index in [1.165, 1.54) is 5.69 Å². The third-order valence-corrected chi connectivity index (χ3v) is 4.62. The molecule has 0 radical (unpaired) electrons. The third kappa shape index (κ3) is 2.95. The number of para-hydroxylation sites is 1. The van der Waals surface area contributed by atoms with E-state index in [1.54, 1.807) is 7.11 Å². The number of benzene rings is 2. The average Bonchev–Trinajstić information content (AvgIpc) is 3.05. The summed E-state index contributed by atoms with van der Waals surface area (Å²) in [6, 6.07) is 16.3. The maximum atomic E-state index is 5.41. The van der Waals surface area contributed by atoms with Crippen molar-refractivity contribution >= 4 is 16.7 Å². The van der Waals surface area contributed by atoms with Crippen LogP contribution in [0.1, 0.15) is 5.69 Å². The number of fused-ring (bicyclic) bond motifs is 1. The van der Waals surface area contributed by atoms with E-state index in [9.17, 15) is 0 Å². The molecule has 4 rings (SSSR count). The van der Waals surface area contributed by atoms with Crippen LogP contribution in [0, 0.1) is 0 Å². The molecule has 0 spiro atoms. The zero-order valence-corrected chi connectivity index (χ0v) is 13.8. The van der Waals surface area contributed by atoms with Crippen molar-refractivity contribution in [3.8, 4) is 5.75 Å². The van der Waals surface area contributed by atoms with Crippen molar-refractivity contribution in [3.05, 3.63) is 54.2 Å². The molecule has 2 aromatic carbocycles. The normalized spacial score (nSPS) is 15.8. The Morgan fingerprint density at radius 2 is 1.88 bits per heavy atom. The molecule has 3 aromatic rings. The van der Waals surface area contributed by atoms with Crippen LogP contribution in [0.4, 0.5) is 5.69 Å². The smallest absolute Gasteiger partial charge is 0.167 e. The Hall–Kier alpha value is -2.53. The van der Waals surface area contributed by atoms with Gasteiger partial charge in [-0.2, -0.15) is 0 Å². The first kappa shape index (κ1) is 15.0. The van der Waals surface area contributed by atoms with Crippen LogP contribution in [0.2, 0.25) is 0 Å². The molecule has 2 heterocycles. The molecule has 1 fully saturated rings. The lowest BCUT2D eigenvalue weighted by atomic mass is 10.2. The summed E-state index contributed by atoms with van der Waals surface area (Å²) in [5.74, 6) is 0.906. The zero-order valence-electron chi connectivity index (χ0n) is 13.8. The minimum atomic E-state index is 0.836. The number of anilines is 1. The Labute approximate surface area is 141 Å². The van der Waals surface area contributed by atoms with Crippen molar-refractivity contribution in [2.75, 3.05) is 38.2 Å². The third-order valence-electron chi connectivity index (χ3n) is 4.62. The summed E-state index contributed by atoms with van der Waals surface area (Å²) in [4.78, 5) is 4.83. The molecule has 0 unspecified atom stereocenters. The number of nitrogens with zero attached hydrogens (tertiary/aromatic N) is 3. The molecule has 0 aliphatic carbocycles. The number of ether oxygens (including phenoxy) is 1. The first-order valence-corrected chi connectivity index (χ1v) is 8.28. The molecular weight excluding hydrogens is 302 g/mol. The molecule has 5 nitrogen and oxygen atoms in total. The number of methoxy groups -OCH3 is 1. The summed E-state index contributed by atoms with van der Waals surface area (Å²) in [6.07, 6.45) is 0. The number of hydrogen-bond acceptors (Lipinski definition) is 5. The Kier molecular flexibility index (Phi) is 4.09. The van der Waals surface area contributed by atoms with Crippen LogP contribution < -0.4 is 9.64 Å². The second-order valence-electron chi connectivity index (χ2n) is 6.09. The van der Waals surface area contributed by atoms with Gasteiger partial charge < -0.3 is 14.2 Å². The van der Waals surface area contributed by atoms with Crippen molar-refractivity contribution in [3.63, 3.8) is 0 Å². The molecule has 0 saturated carbocycles. The van der Waals surface area contributed by atoms with Crippen LogP contribution in [-0.2, 0) is 6.54 Å². The van der Waals surface area contributed by atoms with Crippen molar-refractivity contribution in [1.29, 1.82) is 0 Å². The Morgan fingerprint density at radius 3 is 2.71 bits per heavy atom. The van der Waals surface area contributed by atoms with Crippen molar-refractivity contribution < 1.29 is 9.26 Å². The van der Waals surface area contributed by atoms with E-state index in [2.05, 4.69) is 33.2 Å². The fraction of sp³-hybridized carbons (Fsp3) is 0.316. The summed E-state index contributed by atoms with van der Waals surface area (Å²) in [7, 11) is 1.71. The highest BCUT2D eigenvalue weighted by Crippen LogP contribution is 2.23. The fourth-order valence-electron chi connectivity index (χ4n) is 3.24. The number of rotatable bonds is 4. The van der Waals surface area contributed by atoms with Gasteiger partial charge in [0.05, 0.1) is 7.11 Å². The second kappa shape index (κ2) is 6.53. The first-order chi connectivity index (χ1) is 11.8. The lowest BCUT2D eigenvalue weighted by molar-refractivity contribution is 0.243. The largest absolute Gasteiger partial charge is 0.497 e. The molecule has 1 aliphatic heterocycles.